The summed E-state index contributed by atoms with van der Waals surface area (Å²) in [7, 11) is 1.00. The molecule has 34 heavy (non-hydrogen) atoms. The van der Waals surface area contributed by atoms with Crippen molar-refractivity contribution in [1.82, 2.24) is 0 Å². The van der Waals surface area contributed by atoms with Gasteiger partial charge in [-0.3, -0.25) is 0 Å². The molecule has 0 spiro atoms. The van der Waals surface area contributed by atoms with Crippen LogP contribution in [0, 0.1) is 5.92 Å². The number of carbonyl (C=O) groups is 1. The fourth-order valence-electron chi connectivity index (χ4n) is 2.39. The van der Waals surface area contributed by atoms with Crippen molar-refractivity contribution >= 4 is 6.79 Å². The molecule has 0 bridgehead atoms. The van der Waals surface area contributed by atoms with E-state index in [9.17, 15) is 0 Å². The minimum atomic E-state index is 0.162. The Morgan fingerprint density at radius 2 is 1.50 bits per heavy atom. The fourth-order valence-corrected chi connectivity index (χ4v) is 2.39. The number of aliphatic hydroxyl groups excluding tert-OH is 1. The van der Waals surface area contributed by atoms with Gasteiger partial charge in [-0.25, -0.2) is 0 Å². The van der Waals surface area contributed by atoms with E-state index in [0.29, 0.717) is 0 Å². The lowest BCUT2D eigenvalue weighted by Gasteiger charge is -2.19. The van der Waals surface area contributed by atoms with Gasteiger partial charge in [-0.2, -0.15) is 0 Å². The third-order valence-electron chi connectivity index (χ3n) is 3.86. The van der Waals surface area contributed by atoms with Crippen molar-refractivity contribution in [3.63, 3.8) is 0 Å². The molecule has 190 valence electrons. The van der Waals surface area contributed by atoms with Gasteiger partial charge < -0.3 is 14.6 Å². The first kappa shape index (κ1) is 35.7. The van der Waals surface area contributed by atoms with Gasteiger partial charge in [0.15, 0.2) is 0 Å². The second-order valence-electron chi connectivity index (χ2n) is 8.96. The monoisotopic (exact) mass is 468 g/mol. The van der Waals surface area contributed by atoms with E-state index in [4.69, 9.17) is 14.6 Å². The van der Waals surface area contributed by atoms with Gasteiger partial charge in [-0.15, -0.1) is 6.58 Å². The van der Waals surface area contributed by atoms with Gasteiger partial charge in [0, 0.05) is 13.5 Å². The zero-order valence-corrected chi connectivity index (χ0v) is 23.0. The van der Waals surface area contributed by atoms with Crippen molar-refractivity contribution in [3.8, 4) is 5.75 Å². The summed E-state index contributed by atoms with van der Waals surface area (Å²) >= 11 is 0. The smallest absolute Gasteiger partial charge is 0.126 e. The van der Waals surface area contributed by atoms with E-state index >= 15 is 0 Å². The van der Waals surface area contributed by atoms with Gasteiger partial charge in [0.1, 0.15) is 18.3 Å². The highest BCUT2D eigenvalue weighted by Gasteiger charge is 2.13. The molecule has 0 atom stereocenters. The number of rotatable bonds is 4. The van der Waals surface area contributed by atoms with Gasteiger partial charge in [0.25, 0.3) is 0 Å². The van der Waals surface area contributed by atoms with Crippen LogP contribution in [0.1, 0.15) is 67.4 Å². The Hall–Kier alpha value is -2.91. The molecule has 1 aliphatic carbocycles. The second kappa shape index (κ2) is 21.9. The molecule has 0 saturated heterocycles. The molecule has 0 fully saturated rings. The summed E-state index contributed by atoms with van der Waals surface area (Å²) in [5.41, 5.74) is 3.86. The van der Waals surface area contributed by atoms with Crippen LogP contribution >= 0.6 is 0 Å². The quantitative estimate of drug-likeness (QED) is 0.356. The van der Waals surface area contributed by atoms with Crippen LogP contribution < -0.4 is 4.74 Å². The van der Waals surface area contributed by atoms with Gasteiger partial charge in [-0.05, 0) is 60.1 Å². The van der Waals surface area contributed by atoms with Crippen LogP contribution in [0.3, 0.4) is 0 Å². The zero-order chi connectivity index (χ0) is 27.2. The maximum atomic E-state index is 8.00. The highest BCUT2D eigenvalue weighted by molar-refractivity contribution is 5.44. The Bertz CT molecular complexity index is 780. The number of hydrogen-bond donors (Lipinski definition) is 1. The van der Waals surface area contributed by atoms with Gasteiger partial charge in [0.2, 0.25) is 0 Å². The Kier molecular flexibility index (Phi) is 23.0. The summed E-state index contributed by atoms with van der Waals surface area (Å²) in [6.07, 6.45) is 14.8. The van der Waals surface area contributed by atoms with Crippen LogP contribution in [0.4, 0.5) is 0 Å². The highest BCUT2D eigenvalue weighted by atomic mass is 16.5. The van der Waals surface area contributed by atoms with Crippen molar-refractivity contribution in [2.75, 3.05) is 7.11 Å². The minimum Gasteiger partial charge on any atom is -0.461 e. The molecular formula is C31H48O3. The van der Waals surface area contributed by atoms with Crippen LogP contribution in [-0.2, 0) is 10.2 Å². The standard InChI is InChI=1S/C22H26O.C4H10.C3H6.CH4O.CH2O/c1-6-8-17(2)18-9-7-10-20(14-11-18)23-21-15-12-19(13-16-21)22(3,4)5;1-4(2)3;1-3-2;2*1-2/h6-9,11-16H,1,10H2,2-5H3;4H,1-3H3;3H,1H2,2H3;2H,1H3;1H2/b17-8+;;;;. The topological polar surface area (TPSA) is 46.5 Å². The normalized spacial score (nSPS) is 12.3. The third-order valence-corrected chi connectivity index (χ3v) is 3.86. The maximum absolute atomic E-state index is 8.00. The molecule has 3 heteroatoms. The van der Waals surface area contributed by atoms with E-state index < -0.39 is 0 Å². The largest absolute Gasteiger partial charge is 0.461 e. The molecule has 0 unspecified atom stereocenters. The molecule has 0 saturated carbocycles. The maximum Gasteiger partial charge on any atom is 0.126 e. The van der Waals surface area contributed by atoms with Crippen LogP contribution in [0.2, 0.25) is 0 Å². The van der Waals surface area contributed by atoms with Crippen molar-refractivity contribution in [1.29, 1.82) is 0 Å². The minimum absolute atomic E-state index is 0.162. The van der Waals surface area contributed by atoms with Crippen molar-refractivity contribution < 1.29 is 14.6 Å². The summed E-state index contributed by atoms with van der Waals surface area (Å²) in [5.74, 6) is 2.67. The summed E-state index contributed by atoms with van der Waals surface area (Å²) in [6.45, 7) is 26.2. The Morgan fingerprint density at radius 1 is 1.03 bits per heavy atom. The molecule has 0 amide bonds. The van der Waals surface area contributed by atoms with Gasteiger partial charge >= 0.3 is 0 Å². The van der Waals surface area contributed by atoms with Crippen LogP contribution in [0.15, 0.2) is 96.9 Å². The van der Waals surface area contributed by atoms with Crippen molar-refractivity contribution in [3.05, 3.63) is 102 Å². The van der Waals surface area contributed by atoms with E-state index in [0.717, 1.165) is 31.0 Å². The lowest BCUT2D eigenvalue weighted by atomic mass is 9.87. The van der Waals surface area contributed by atoms with Gasteiger partial charge in [0.05, 0.1) is 0 Å². The summed E-state index contributed by atoms with van der Waals surface area (Å²) in [5, 5.41) is 7.00. The summed E-state index contributed by atoms with van der Waals surface area (Å²) in [6, 6.07) is 8.37. The Morgan fingerprint density at radius 3 is 1.91 bits per heavy atom. The molecule has 2 rings (SSSR count). The zero-order valence-electron chi connectivity index (χ0n) is 23.0. The Balaban J connectivity index is -0.000000747. The van der Waals surface area contributed by atoms with Crippen molar-refractivity contribution in [2.45, 2.75) is 67.2 Å². The number of carbonyl (C=O) groups excluding carboxylic acids is 1. The van der Waals surface area contributed by atoms with E-state index in [2.05, 4.69) is 92.0 Å². The summed E-state index contributed by atoms with van der Waals surface area (Å²) < 4.78 is 6.02. The first-order valence-corrected chi connectivity index (χ1v) is 11.5. The van der Waals surface area contributed by atoms with E-state index in [1.165, 1.54) is 16.7 Å². The van der Waals surface area contributed by atoms with Crippen LogP contribution in [-0.4, -0.2) is 19.0 Å². The van der Waals surface area contributed by atoms with Gasteiger partial charge in [-0.1, -0.05) is 96.7 Å². The van der Waals surface area contributed by atoms with Crippen LogP contribution in [0.25, 0.3) is 0 Å². The van der Waals surface area contributed by atoms with Crippen LogP contribution in [0.5, 0.6) is 5.75 Å². The predicted molar refractivity (Wildman–Crippen MR) is 151 cm³/mol. The molecule has 0 aromatic heterocycles. The molecule has 1 aliphatic rings. The third kappa shape index (κ3) is 18.6. The van der Waals surface area contributed by atoms with E-state index in [1.807, 2.05) is 44.1 Å². The van der Waals surface area contributed by atoms with E-state index in [-0.39, 0.29) is 5.41 Å². The molecule has 0 radical (unpaired) electrons. The number of hydrogen-bond acceptors (Lipinski definition) is 3. The summed E-state index contributed by atoms with van der Waals surface area (Å²) in [4.78, 5) is 8.00. The Labute approximate surface area is 210 Å². The molecule has 1 N–H and O–H groups in total. The number of allylic oxidation sites excluding steroid dienone is 9. The molecule has 0 aliphatic heterocycles. The van der Waals surface area contributed by atoms with Crippen molar-refractivity contribution in [2.24, 2.45) is 5.92 Å². The molecular weight excluding hydrogens is 420 g/mol. The molecule has 1 aromatic carbocycles. The highest BCUT2D eigenvalue weighted by Crippen LogP contribution is 2.26. The number of benzene rings is 1. The fraction of sp³-hybridized carbons (Fsp3) is 0.387. The lowest BCUT2D eigenvalue weighted by Crippen LogP contribution is -2.10. The first-order chi connectivity index (χ1) is 16.0. The average Bonchev–Trinajstić information content (AvgIpc) is 3.02. The number of aliphatic hydroxyl groups is 1. The predicted octanol–water partition coefficient (Wildman–Crippen LogP) is 8.54. The lowest BCUT2D eigenvalue weighted by molar-refractivity contribution is -0.0980. The number of ether oxygens (including phenoxy) is 1. The average molecular weight is 469 g/mol. The molecule has 1 aromatic rings. The SMILES string of the molecule is C=C/C=C(\C)C1=CC=C(Oc2ccc(C(C)(C)C)cc2)CC=C1.C=CC.C=O.CC(C)C.CO. The first-order valence-electron chi connectivity index (χ1n) is 11.5. The molecule has 0 heterocycles. The van der Waals surface area contributed by atoms with E-state index in [1.54, 1.807) is 6.08 Å². The second-order valence-corrected chi connectivity index (χ2v) is 8.96. The molecule has 3 nitrogen and oxygen atoms in total.